The van der Waals surface area contributed by atoms with Gasteiger partial charge in [-0.3, -0.25) is 14.4 Å². The molecule has 4 unspecified atom stereocenters. The van der Waals surface area contributed by atoms with Gasteiger partial charge in [0.05, 0.1) is 6.04 Å². The predicted octanol–water partition coefficient (Wildman–Crippen LogP) is 1.65. The van der Waals surface area contributed by atoms with E-state index in [1.165, 1.54) is 24.3 Å². The van der Waals surface area contributed by atoms with Gasteiger partial charge in [0.1, 0.15) is 29.6 Å². The van der Waals surface area contributed by atoms with Crippen LogP contribution in [0.15, 0.2) is 78.9 Å². The molecule has 0 saturated heterocycles. The highest BCUT2D eigenvalue weighted by molar-refractivity contribution is 5.94. The Hall–Kier alpha value is -4.90. The SMILES string of the molecule is CC(C)C(N)C(=O)NC(Cc1ccccc1)C(=O)NC(Cc1ccc(O)cc1)C(=O)NC(Cc1ccc(O)cc1)C(=O)O. The van der Waals surface area contributed by atoms with E-state index in [-0.39, 0.29) is 36.7 Å². The molecule has 0 radical (unpaired) electrons. The Kier molecular flexibility index (Phi) is 11.7. The number of hydrogen-bond donors (Lipinski definition) is 7. The van der Waals surface area contributed by atoms with Crippen molar-refractivity contribution in [1.29, 1.82) is 0 Å². The highest BCUT2D eigenvalue weighted by Crippen LogP contribution is 2.14. The van der Waals surface area contributed by atoms with E-state index in [9.17, 15) is 34.5 Å². The lowest BCUT2D eigenvalue weighted by atomic mass is 10.00. The van der Waals surface area contributed by atoms with Gasteiger partial charge in [-0.2, -0.15) is 0 Å². The molecule has 0 aliphatic rings. The number of nitrogens with one attached hydrogen (secondary N) is 3. The zero-order chi connectivity index (χ0) is 31.5. The van der Waals surface area contributed by atoms with Crippen LogP contribution in [0.5, 0.6) is 11.5 Å². The minimum atomic E-state index is -1.33. The van der Waals surface area contributed by atoms with Crippen LogP contribution >= 0.6 is 0 Å². The van der Waals surface area contributed by atoms with Crippen LogP contribution in [0.25, 0.3) is 0 Å². The molecule has 8 N–H and O–H groups in total. The third-order valence-corrected chi connectivity index (χ3v) is 6.94. The quantitative estimate of drug-likeness (QED) is 0.147. The van der Waals surface area contributed by atoms with Crippen molar-refractivity contribution >= 4 is 23.7 Å². The van der Waals surface area contributed by atoms with Crippen LogP contribution in [0.4, 0.5) is 0 Å². The summed E-state index contributed by atoms with van der Waals surface area (Å²) in [6, 6.07) is 16.5. The average molecular weight is 591 g/mol. The van der Waals surface area contributed by atoms with Gasteiger partial charge in [-0.05, 0) is 46.9 Å². The molecule has 0 saturated carbocycles. The fourth-order valence-corrected chi connectivity index (χ4v) is 4.32. The number of phenolic OH excluding ortho intramolecular Hbond substituents is 2. The minimum Gasteiger partial charge on any atom is -0.508 e. The van der Waals surface area contributed by atoms with E-state index in [1.54, 1.807) is 62.4 Å². The van der Waals surface area contributed by atoms with Crippen molar-refractivity contribution in [2.75, 3.05) is 0 Å². The number of rotatable bonds is 14. The molecule has 11 nitrogen and oxygen atoms in total. The van der Waals surface area contributed by atoms with E-state index in [4.69, 9.17) is 5.73 Å². The van der Waals surface area contributed by atoms with Gasteiger partial charge in [-0.1, -0.05) is 68.4 Å². The molecule has 0 spiro atoms. The Morgan fingerprint density at radius 1 is 0.605 bits per heavy atom. The van der Waals surface area contributed by atoms with Crippen molar-refractivity contribution in [1.82, 2.24) is 16.0 Å². The molecule has 0 aliphatic heterocycles. The maximum atomic E-state index is 13.7. The fourth-order valence-electron chi connectivity index (χ4n) is 4.32. The number of carbonyl (C=O) groups is 4. The number of nitrogens with two attached hydrogens (primary N) is 1. The highest BCUT2D eigenvalue weighted by Gasteiger charge is 2.31. The zero-order valence-electron chi connectivity index (χ0n) is 24.1. The molecule has 228 valence electrons. The summed E-state index contributed by atoms with van der Waals surface area (Å²) in [5.41, 5.74) is 7.95. The van der Waals surface area contributed by atoms with Crippen molar-refractivity contribution in [3.05, 3.63) is 95.6 Å². The molecule has 3 rings (SSSR count). The van der Waals surface area contributed by atoms with Crippen LogP contribution in [0, 0.1) is 5.92 Å². The molecule has 3 aromatic carbocycles. The Bertz CT molecular complexity index is 1380. The van der Waals surface area contributed by atoms with Gasteiger partial charge in [0.25, 0.3) is 0 Å². The fraction of sp³-hybridized carbons (Fsp3) is 0.312. The van der Waals surface area contributed by atoms with Gasteiger partial charge in [0, 0.05) is 19.3 Å². The second-order valence-electron chi connectivity index (χ2n) is 10.7. The predicted molar refractivity (Wildman–Crippen MR) is 160 cm³/mol. The standard InChI is InChI=1S/C32H38N4O7/c1-19(2)28(33)31(41)35-26(16-20-6-4-3-5-7-20)29(39)34-25(17-21-8-12-23(37)13-9-21)30(40)36-27(32(42)43)18-22-10-14-24(38)15-11-22/h3-15,19,25-28,37-38H,16-18,33H2,1-2H3,(H,34,39)(H,35,41)(H,36,40)(H,42,43). The molecule has 4 atom stereocenters. The van der Waals surface area contributed by atoms with Crippen molar-refractivity contribution < 1.29 is 34.5 Å². The monoisotopic (exact) mass is 590 g/mol. The number of amides is 3. The first-order valence-corrected chi connectivity index (χ1v) is 13.9. The lowest BCUT2D eigenvalue weighted by Crippen LogP contribution is -2.58. The second kappa shape index (κ2) is 15.4. The van der Waals surface area contributed by atoms with Crippen LogP contribution in [-0.4, -0.2) is 63.2 Å². The van der Waals surface area contributed by atoms with Gasteiger partial charge in [0.2, 0.25) is 17.7 Å². The Balaban J connectivity index is 1.86. The van der Waals surface area contributed by atoms with E-state index in [0.29, 0.717) is 11.1 Å². The highest BCUT2D eigenvalue weighted by atomic mass is 16.4. The van der Waals surface area contributed by atoms with E-state index in [2.05, 4.69) is 16.0 Å². The van der Waals surface area contributed by atoms with Crippen LogP contribution in [0.1, 0.15) is 30.5 Å². The number of carboxylic acid groups (broad SMARTS) is 1. The number of aliphatic carboxylic acids is 1. The molecule has 0 bridgehead atoms. The van der Waals surface area contributed by atoms with Crippen LogP contribution in [0.2, 0.25) is 0 Å². The largest absolute Gasteiger partial charge is 0.508 e. The number of benzene rings is 3. The Morgan fingerprint density at radius 3 is 1.40 bits per heavy atom. The minimum absolute atomic E-state index is 0.0146. The zero-order valence-corrected chi connectivity index (χ0v) is 24.1. The molecule has 11 heteroatoms. The van der Waals surface area contributed by atoms with Gasteiger partial charge in [-0.25, -0.2) is 4.79 Å². The normalized spacial score (nSPS) is 13.8. The maximum absolute atomic E-state index is 13.7. The van der Waals surface area contributed by atoms with Gasteiger partial charge in [-0.15, -0.1) is 0 Å². The van der Waals surface area contributed by atoms with Crippen molar-refractivity contribution in [2.45, 2.75) is 57.3 Å². The van der Waals surface area contributed by atoms with Gasteiger partial charge < -0.3 is 37.0 Å². The van der Waals surface area contributed by atoms with E-state index >= 15 is 0 Å². The number of carbonyl (C=O) groups excluding carboxylic acids is 3. The number of carboxylic acids is 1. The lowest BCUT2D eigenvalue weighted by Gasteiger charge is -2.26. The van der Waals surface area contributed by atoms with E-state index in [1.807, 2.05) is 6.07 Å². The molecule has 0 fully saturated rings. The number of hydrogen-bond acceptors (Lipinski definition) is 7. The number of aromatic hydroxyl groups is 2. The molecule has 43 heavy (non-hydrogen) atoms. The summed E-state index contributed by atoms with van der Waals surface area (Å²) in [6.07, 6.45) is 0.0251. The Labute approximate surface area is 250 Å². The molecular formula is C32H38N4O7. The van der Waals surface area contributed by atoms with Crippen LogP contribution in [0.3, 0.4) is 0 Å². The van der Waals surface area contributed by atoms with Gasteiger partial charge >= 0.3 is 5.97 Å². The summed E-state index contributed by atoms with van der Waals surface area (Å²) >= 11 is 0. The summed E-state index contributed by atoms with van der Waals surface area (Å²) in [5, 5.41) is 37.0. The summed E-state index contributed by atoms with van der Waals surface area (Å²) < 4.78 is 0. The molecule has 0 heterocycles. The first-order chi connectivity index (χ1) is 20.4. The summed E-state index contributed by atoms with van der Waals surface area (Å²) in [6.45, 7) is 3.57. The average Bonchev–Trinajstić information content (AvgIpc) is 2.98. The first-order valence-electron chi connectivity index (χ1n) is 13.9. The molecule has 0 aliphatic carbocycles. The molecule has 3 aromatic rings. The topological polar surface area (TPSA) is 191 Å². The molecular weight excluding hydrogens is 552 g/mol. The third-order valence-electron chi connectivity index (χ3n) is 6.94. The Morgan fingerprint density at radius 2 is 0.977 bits per heavy atom. The van der Waals surface area contributed by atoms with Gasteiger partial charge in [0.15, 0.2) is 0 Å². The van der Waals surface area contributed by atoms with E-state index < -0.39 is 47.9 Å². The van der Waals surface area contributed by atoms with Crippen molar-refractivity contribution in [3.8, 4) is 11.5 Å². The third kappa shape index (κ3) is 10.2. The van der Waals surface area contributed by atoms with Crippen LogP contribution < -0.4 is 21.7 Å². The maximum Gasteiger partial charge on any atom is 0.326 e. The van der Waals surface area contributed by atoms with Crippen molar-refractivity contribution in [3.63, 3.8) is 0 Å². The molecule has 0 aromatic heterocycles. The summed E-state index contributed by atoms with van der Waals surface area (Å²) in [5.74, 6) is -3.37. The van der Waals surface area contributed by atoms with Crippen LogP contribution in [-0.2, 0) is 38.4 Å². The molecule has 3 amide bonds. The van der Waals surface area contributed by atoms with E-state index in [0.717, 1.165) is 5.56 Å². The first kappa shape index (κ1) is 32.6. The summed E-state index contributed by atoms with van der Waals surface area (Å²) in [7, 11) is 0. The second-order valence-corrected chi connectivity index (χ2v) is 10.7. The number of phenols is 2. The van der Waals surface area contributed by atoms with Crippen molar-refractivity contribution in [2.24, 2.45) is 11.7 Å². The summed E-state index contributed by atoms with van der Waals surface area (Å²) in [4.78, 5) is 52.1. The lowest BCUT2D eigenvalue weighted by molar-refractivity contribution is -0.142. The smallest absolute Gasteiger partial charge is 0.326 e.